The zero-order chi connectivity index (χ0) is 19.3. The van der Waals surface area contributed by atoms with Crippen LogP contribution in [0.1, 0.15) is 137 Å². The molecular formula is C23H48O3. The van der Waals surface area contributed by atoms with Crippen molar-refractivity contribution >= 4 is 0 Å². The molecule has 158 valence electrons. The molecular weight excluding hydrogens is 324 g/mol. The van der Waals surface area contributed by atoms with Gasteiger partial charge in [0.15, 0.2) is 0 Å². The maximum Gasteiger partial charge on any atom is 0.107 e. The third-order valence-electron chi connectivity index (χ3n) is 5.30. The zero-order valence-electron chi connectivity index (χ0n) is 18.5. The van der Waals surface area contributed by atoms with Crippen LogP contribution in [0.2, 0.25) is 0 Å². The van der Waals surface area contributed by atoms with Gasteiger partial charge in [-0.25, -0.2) is 4.89 Å². The summed E-state index contributed by atoms with van der Waals surface area (Å²) in [4.78, 5) is 11.2. The van der Waals surface area contributed by atoms with Gasteiger partial charge in [0.05, 0.1) is 6.61 Å². The highest BCUT2D eigenvalue weighted by Crippen LogP contribution is 2.32. The van der Waals surface area contributed by atoms with E-state index in [1.165, 1.54) is 77.0 Å². The fourth-order valence-corrected chi connectivity index (χ4v) is 3.41. The Labute approximate surface area is 164 Å². The van der Waals surface area contributed by atoms with Crippen LogP contribution in [0.25, 0.3) is 0 Å². The second-order valence-corrected chi connectivity index (χ2v) is 7.94. The van der Waals surface area contributed by atoms with Gasteiger partial charge in [-0.1, -0.05) is 116 Å². The van der Waals surface area contributed by atoms with Crippen molar-refractivity contribution in [1.29, 1.82) is 0 Å². The molecule has 0 aromatic heterocycles. The second kappa shape index (κ2) is 19.6. The van der Waals surface area contributed by atoms with E-state index in [9.17, 15) is 0 Å². The van der Waals surface area contributed by atoms with Crippen LogP contribution in [-0.2, 0) is 14.8 Å². The molecule has 0 aliphatic heterocycles. The van der Waals surface area contributed by atoms with Crippen LogP contribution in [0, 0.1) is 0 Å². The molecule has 0 heterocycles. The standard InChI is InChI=1S/C23H48O3/c1-5-9-13-14-15-16-17-18-21-23(19-10-6-2,20-11-7-3)25-26-24-22-12-8-4/h5-22H2,1-4H3. The summed E-state index contributed by atoms with van der Waals surface area (Å²) in [6.07, 6.45) is 21.0. The van der Waals surface area contributed by atoms with Crippen molar-refractivity contribution in [2.24, 2.45) is 0 Å². The minimum atomic E-state index is -0.152. The molecule has 0 aliphatic rings. The molecule has 0 bridgehead atoms. The monoisotopic (exact) mass is 372 g/mol. The lowest BCUT2D eigenvalue weighted by Gasteiger charge is -2.32. The van der Waals surface area contributed by atoms with Crippen molar-refractivity contribution in [2.75, 3.05) is 6.61 Å². The predicted molar refractivity (Wildman–Crippen MR) is 112 cm³/mol. The average molecular weight is 373 g/mol. The third-order valence-corrected chi connectivity index (χ3v) is 5.30. The SMILES string of the molecule is CCCCCCCCCCC(CCCC)(CCCC)OOOCCCC. The van der Waals surface area contributed by atoms with E-state index in [4.69, 9.17) is 14.8 Å². The third kappa shape index (κ3) is 15.0. The zero-order valence-corrected chi connectivity index (χ0v) is 18.5. The molecule has 0 amide bonds. The van der Waals surface area contributed by atoms with E-state index < -0.39 is 0 Å². The van der Waals surface area contributed by atoms with Gasteiger partial charge in [-0.3, -0.25) is 0 Å². The minimum absolute atomic E-state index is 0.152. The average Bonchev–Trinajstić information content (AvgIpc) is 2.66. The molecule has 0 aromatic rings. The Morgan fingerprint density at radius 1 is 0.500 bits per heavy atom. The van der Waals surface area contributed by atoms with Gasteiger partial charge in [0.2, 0.25) is 0 Å². The molecule has 0 unspecified atom stereocenters. The largest absolute Gasteiger partial charge is 0.206 e. The van der Waals surface area contributed by atoms with E-state index in [0.717, 1.165) is 32.1 Å². The molecule has 0 fully saturated rings. The highest BCUT2D eigenvalue weighted by Gasteiger charge is 2.31. The van der Waals surface area contributed by atoms with Gasteiger partial charge < -0.3 is 0 Å². The van der Waals surface area contributed by atoms with Crippen molar-refractivity contribution in [3.8, 4) is 0 Å². The quantitative estimate of drug-likeness (QED) is 0.115. The summed E-state index contributed by atoms with van der Waals surface area (Å²) in [5.41, 5.74) is -0.152. The lowest BCUT2D eigenvalue weighted by atomic mass is 9.85. The summed E-state index contributed by atoms with van der Waals surface area (Å²) < 4.78 is 0. The minimum Gasteiger partial charge on any atom is -0.206 e. The highest BCUT2D eigenvalue weighted by atomic mass is 17.5. The van der Waals surface area contributed by atoms with E-state index >= 15 is 0 Å². The van der Waals surface area contributed by atoms with Crippen LogP contribution in [0.3, 0.4) is 0 Å². The maximum absolute atomic E-state index is 5.92. The summed E-state index contributed by atoms with van der Waals surface area (Å²) >= 11 is 0. The van der Waals surface area contributed by atoms with Gasteiger partial charge in [0.1, 0.15) is 5.60 Å². The van der Waals surface area contributed by atoms with Crippen molar-refractivity contribution in [3.63, 3.8) is 0 Å². The molecule has 0 aromatic carbocycles. The summed E-state index contributed by atoms with van der Waals surface area (Å²) in [5, 5.41) is 5.22. The summed E-state index contributed by atoms with van der Waals surface area (Å²) in [6, 6.07) is 0. The number of hydrogen-bond acceptors (Lipinski definition) is 3. The van der Waals surface area contributed by atoms with Gasteiger partial charge in [0.25, 0.3) is 0 Å². The first-order chi connectivity index (χ1) is 12.7. The summed E-state index contributed by atoms with van der Waals surface area (Å²) in [7, 11) is 0. The Morgan fingerprint density at radius 2 is 0.962 bits per heavy atom. The Balaban J connectivity index is 4.28. The van der Waals surface area contributed by atoms with Crippen LogP contribution in [-0.4, -0.2) is 12.2 Å². The first kappa shape index (κ1) is 25.9. The van der Waals surface area contributed by atoms with Crippen molar-refractivity contribution in [1.82, 2.24) is 0 Å². The van der Waals surface area contributed by atoms with Crippen LogP contribution < -0.4 is 0 Å². The second-order valence-electron chi connectivity index (χ2n) is 7.94. The molecule has 26 heavy (non-hydrogen) atoms. The topological polar surface area (TPSA) is 27.7 Å². The fraction of sp³-hybridized carbons (Fsp3) is 1.00. The Hall–Kier alpha value is -0.120. The van der Waals surface area contributed by atoms with Crippen LogP contribution in [0.15, 0.2) is 0 Å². The molecule has 0 atom stereocenters. The van der Waals surface area contributed by atoms with E-state index in [1.54, 1.807) is 0 Å². The summed E-state index contributed by atoms with van der Waals surface area (Å²) in [5.74, 6) is 0. The van der Waals surface area contributed by atoms with Crippen molar-refractivity contribution in [2.45, 2.75) is 142 Å². The Kier molecular flexibility index (Phi) is 19.5. The van der Waals surface area contributed by atoms with Gasteiger partial charge in [0, 0.05) is 0 Å². The molecule has 0 saturated carbocycles. The number of unbranched alkanes of at least 4 members (excludes halogenated alkanes) is 10. The van der Waals surface area contributed by atoms with Crippen molar-refractivity contribution < 1.29 is 14.8 Å². The molecule has 3 heteroatoms. The molecule has 3 nitrogen and oxygen atoms in total. The Morgan fingerprint density at radius 3 is 1.50 bits per heavy atom. The summed E-state index contributed by atoms with van der Waals surface area (Å²) in [6.45, 7) is 9.55. The van der Waals surface area contributed by atoms with Crippen LogP contribution >= 0.6 is 0 Å². The first-order valence-electron chi connectivity index (χ1n) is 11.7. The lowest BCUT2D eigenvalue weighted by molar-refractivity contribution is -0.546. The first-order valence-corrected chi connectivity index (χ1v) is 11.7. The molecule has 0 saturated heterocycles. The van der Waals surface area contributed by atoms with E-state index in [2.05, 4.69) is 27.7 Å². The van der Waals surface area contributed by atoms with Gasteiger partial charge in [-0.15, -0.1) is 0 Å². The molecule has 0 aliphatic carbocycles. The lowest BCUT2D eigenvalue weighted by Crippen LogP contribution is -2.33. The normalized spacial score (nSPS) is 12.0. The molecule has 0 radical (unpaired) electrons. The van der Waals surface area contributed by atoms with Crippen LogP contribution in [0.4, 0.5) is 0 Å². The maximum atomic E-state index is 5.92. The Bertz CT molecular complexity index is 260. The van der Waals surface area contributed by atoms with E-state index in [-0.39, 0.29) is 5.60 Å². The van der Waals surface area contributed by atoms with Gasteiger partial charge >= 0.3 is 0 Å². The van der Waals surface area contributed by atoms with E-state index in [0.29, 0.717) is 6.61 Å². The number of rotatable bonds is 21. The van der Waals surface area contributed by atoms with Crippen LogP contribution in [0.5, 0.6) is 0 Å². The molecule has 0 rings (SSSR count). The van der Waals surface area contributed by atoms with E-state index in [1.807, 2.05) is 0 Å². The molecule has 0 spiro atoms. The fourth-order valence-electron chi connectivity index (χ4n) is 3.41. The van der Waals surface area contributed by atoms with Crippen molar-refractivity contribution in [3.05, 3.63) is 0 Å². The van der Waals surface area contributed by atoms with Gasteiger partial charge in [-0.2, -0.15) is 4.89 Å². The van der Waals surface area contributed by atoms with Gasteiger partial charge in [-0.05, 0) is 25.7 Å². The predicted octanol–water partition coefficient (Wildman–Crippen LogP) is 8.32. The number of hydrogen-bond donors (Lipinski definition) is 0. The molecule has 0 N–H and O–H groups in total. The smallest absolute Gasteiger partial charge is 0.107 e. The highest BCUT2D eigenvalue weighted by molar-refractivity contribution is 4.79.